The maximum Gasteiger partial charge on any atom is 0.295 e. The van der Waals surface area contributed by atoms with Crippen LogP contribution in [0.1, 0.15) is 36.1 Å². The lowest BCUT2D eigenvalue weighted by Crippen LogP contribution is -2.31. The molecule has 2 aromatic rings. The minimum Gasteiger partial charge on any atom is -0.507 e. The van der Waals surface area contributed by atoms with Crippen LogP contribution in [0.25, 0.3) is 5.76 Å². The molecule has 2 N–H and O–H groups in total. The normalized spacial score (nSPS) is 17.5. The van der Waals surface area contributed by atoms with Gasteiger partial charge in [0.15, 0.2) is 11.5 Å². The monoisotopic (exact) mass is 455 g/mol. The maximum absolute atomic E-state index is 13.1. The molecule has 1 amide bonds. The topological polar surface area (TPSA) is 106 Å². The number of likely N-dealkylation sites (tertiary alicyclic amines) is 1. The highest BCUT2D eigenvalue weighted by atomic mass is 16.5. The molecule has 0 aromatic heterocycles. The van der Waals surface area contributed by atoms with E-state index in [0.29, 0.717) is 36.5 Å². The molecule has 2 aromatic carbocycles. The SMILES string of the molecule is CCOc1cc([C@H]2C(=C(O)c3ccc(OC)c(C)c3)C(=O)C(=O)N2CCCOC)ccc1O. The Morgan fingerprint density at radius 3 is 2.48 bits per heavy atom. The fourth-order valence-electron chi connectivity index (χ4n) is 3.99. The zero-order chi connectivity index (χ0) is 24.1. The highest BCUT2D eigenvalue weighted by Gasteiger charge is 2.46. The van der Waals surface area contributed by atoms with E-state index in [1.807, 2.05) is 6.92 Å². The molecule has 1 fully saturated rings. The Bertz CT molecular complexity index is 1080. The van der Waals surface area contributed by atoms with Crippen molar-refractivity contribution in [3.63, 3.8) is 0 Å². The predicted molar refractivity (Wildman–Crippen MR) is 123 cm³/mol. The predicted octanol–water partition coefficient (Wildman–Crippen LogP) is 3.57. The van der Waals surface area contributed by atoms with E-state index in [-0.39, 0.29) is 29.4 Å². The first-order valence-corrected chi connectivity index (χ1v) is 10.7. The van der Waals surface area contributed by atoms with Crippen LogP contribution in [0.2, 0.25) is 0 Å². The summed E-state index contributed by atoms with van der Waals surface area (Å²) in [6.45, 7) is 4.61. The van der Waals surface area contributed by atoms with Gasteiger partial charge < -0.3 is 29.3 Å². The van der Waals surface area contributed by atoms with E-state index in [9.17, 15) is 19.8 Å². The summed E-state index contributed by atoms with van der Waals surface area (Å²) in [6.07, 6.45) is 0.512. The third-order valence-electron chi connectivity index (χ3n) is 5.56. The van der Waals surface area contributed by atoms with Gasteiger partial charge in [0.1, 0.15) is 11.5 Å². The number of carbonyl (C=O) groups is 2. The van der Waals surface area contributed by atoms with Gasteiger partial charge in [-0.1, -0.05) is 6.07 Å². The smallest absolute Gasteiger partial charge is 0.295 e. The van der Waals surface area contributed by atoms with E-state index in [4.69, 9.17) is 14.2 Å². The van der Waals surface area contributed by atoms with Gasteiger partial charge in [0.25, 0.3) is 11.7 Å². The summed E-state index contributed by atoms with van der Waals surface area (Å²) in [5.74, 6) is -0.920. The van der Waals surface area contributed by atoms with E-state index >= 15 is 0 Å². The second-order valence-corrected chi connectivity index (χ2v) is 7.68. The highest BCUT2D eigenvalue weighted by Crippen LogP contribution is 2.42. The number of aliphatic hydroxyl groups is 1. The van der Waals surface area contributed by atoms with Crippen molar-refractivity contribution in [1.29, 1.82) is 0 Å². The van der Waals surface area contributed by atoms with Gasteiger partial charge in [0.05, 0.1) is 25.3 Å². The molecule has 0 unspecified atom stereocenters. The lowest BCUT2D eigenvalue weighted by atomic mass is 9.94. The van der Waals surface area contributed by atoms with Crippen LogP contribution in [0, 0.1) is 6.92 Å². The van der Waals surface area contributed by atoms with Crippen LogP contribution < -0.4 is 9.47 Å². The molecule has 8 nitrogen and oxygen atoms in total. The molecule has 1 aliphatic rings. The number of methoxy groups -OCH3 is 2. The van der Waals surface area contributed by atoms with Crippen LogP contribution in [0.3, 0.4) is 0 Å². The number of hydrogen-bond donors (Lipinski definition) is 2. The second-order valence-electron chi connectivity index (χ2n) is 7.68. The van der Waals surface area contributed by atoms with Gasteiger partial charge in [-0.05, 0) is 61.7 Å². The Balaban J connectivity index is 2.16. The molecule has 1 heterocycles. The summed E-state index contributed by atoms with van der Waals surface area (Å²) in [4.78, 5) is 27.5. The molecule has 8 heteroatoms. The summed E-state index contributed by atoms with van der Waals surface area (Å²) in [5.41, 5.74) is 1.70. The third kappa shape index (κ3) is 4.80. The summed E-state index contributed by atoms with van der Waals surface area (Å²) in [6, 6.07) is 8.85. The number of rotatable bonds is 9. The van der Waals surface area contributed by atoms with Gasteiger partial charge in [-0.15, -0.1) is 0 Å². The van der Waals surface area contributed by atoms with Crippen molar-refractivity contribution < 1.29 is 34.0 Å². The van der Waals surface area contributed by atoms with Crippen LogP contribution in [0.5, 0.6) is 17.2 Å². The minimum absolute atomic E-state index is 0.0184. The van der Waals surface area contributed by atoms with Gasteiger partial charge in [0, 0.05) is 25.8 Å². The van der Waals surface area contributed by atoms with Crippen molar-refractivity contribution in [1.82, 2.24) is 4.90 Å². The van der Waals surface area contributed by atoms with Crippen LogP contribution in [0.15, 0.2) is 42.0 Å². The number of aliphatic hydroxyl groups excluding tert-OH is 1. The number of ether oxygens (including phenoxy) is 3. The highest BCUT2D eigenvalue weighted by molar-refractivity contribution is 6.46. The molecular weight excluding hydrogens is 426 g/mol. The van der Waals surface area contributed by atoms with Crippen LogP contribution in [-0.2, 0) is 14.3 Å². The number of hydrogen-bond acceptors (Lipinski definition) is 7. The lowest BCUT2D eigenvalue weighted by Gasteiger charge is -2.26. The quantitative estimate of drug-likeness (QED) is 0.258. The molecule has 0 radical (unpaired) electrons. The molecule has 176 valence electrons. The van der Waals surface area contributed by atoms with Crippen molar-refractivity contribution in [2.24, 2.45) is 0 Å². The number of aryl methyl sites for hydroxylation is 1. The van der Waals surface area contributed by atoms with Gasteiger partial charge in [-0.2, -0.15) is 0 Å². The Hall–Kier alpha value is -3.52. The number of aromatic hydroxyl groups is 1. The zero-order valence-corrected chi connectivity index (χ0v) is 19.3. The minimum atomic E-state index is -0.843. The average molecular weight is 456 g/mol. The average Bonchev–Trinajstić information content (AvgIpc) is 3.05. The first-order valence-electron chi connectivity index (χ1n) is 10.7. The van der Waals surface area contributed by atoms with Crippen molar-refractivity contribution in [3.8, 4) is 17.2 Å². The molecule has 1 atom stereocenters. The molecule has 33 heavy (non-hydrogen) atoms. The van der Waals surface area contributed by atoms with E-state index in [2.05, 4.69) is 0 Å². The second kappa shape index (κ2) is 10.4. The molecule has 0 saturated carbocycles. The Kier molecular flexibility index (Phi) is 7.60. The van der Waals surface area contributed by atoms with Gasteiger partial charge in [-0.3, -0.25) is 9.59 Å². The number of amides is 1. The summed E-state index contributed by atoms with van der Waals surface area (Å²) in [5, 5.41) is 21.3. The van der Waals surface area contributed by atoms with Crippen molar-refractivity contribution in [2.75, 3.05) is 34.0 Å². The van der Waals surface area contributed by atoms with Crippen LogP contribution in [-0.4, -0.2) is 60.8 Å². The van der Waals surface area contributed by atoms with Crippen LogP contribution >= 0.6 is 0 Å². The zero-order valence-electron chi connectivity index (χ0n) is 19.3. The lowest BCUT2D eigenvalue weighted by molar-refractivity contribution is -0.140. The number of Topliss-reactive ketones (excluding diaryl/α,β-unsaturated/α-hetero) is 1. The van der Waals surface area contributed by atoms with E-state index < -0.39 is 17.7 Å². The number of benzene rings is 2. The number of phenols is 1. The van der Waals surface area contributed by atoms with Gasteiger partial charge in [0.2, 0.25) is 0 Å². The molecule has 0 bridgehead atoms. The van der Waals surface area contributed by atoms with Gasteiger partial charge >= 0.3 is 0 Å². The summed E-state index contributed by atoms with van der Waals surface area (Å²) < 4.78 is 15.9. The van der Waals surface area contributed by atoms with E-state index in [1.165, 1.54) is 11.0 Å². The number of nitrogens with zero attached hydrogens (tertiary/aromatic N) is 1. The molecule has 0 aliphatic carbocycles. The Morgan fingerprint density at radius 1 is 1.09 bits per heavy atom. The molecular formula is C25H29NO7. The molecule has 0 spiro atoms. The number of carbonyl (C=O) groups excluding carboxylic acids is 2. The van der Waals surface area contributed by atoms with Crippen LogP contribution in [0.4, 0.5) is 0 Å². The third-order valence-corrected chi connectivity index (χ3v) is 5.56. The first kappa shape index (κ1) is 24.1. The maximum atomic E-state index is 13.1. The van der Waals surface area contributed by atoms with Crippen molar-refractivity contribution >= 4 is 17.4 Å². The fourth-order valence-corrected chi connectivity index (χ4v) is 3.99. The number of ketones is 1. The molecule has 1 aliphatic heterocycles. The van der Waals surface area contributed by atoms with Crippen molar-refractivity contribution in [2.45, 2.75) is 26.3 Å². The summed E-state index contributed by atoms with van der Waals surface area (Å²) >= 11 is 0. The molecule has 3 rings (SSSR count). The number of phenolic OH excluding ortho intramolecular Hbond substituents is 1. The molecule has 1 saturated heterocycles. The van der Waals surface area contributed by atoms with E-state index in [0.717, 1.165) is 5.56 Å². The largest absolute Gasteiger partial charge is 0.507 e. The summed E-state index contributed by atoms with van der Waals surface area (Å²) in [7, 11) is 3.11. The first-order chi connectivity index (χ1) is 15.8. The Labute approximate surface area is 193 Å². The van der Waals surface area contributed by atoms with Gasteiger partial charge in [-0.25, -0.2) is 0 Å². The fraction of sp³-hybridized carbons (Fsp3) is 0.360. The Morgan fingerprint density at radius 2 is 1.85 bits per heavy atom. The van der Waals surface area contributed by atoms with E-state index in [1.54, 1.807) is 51.5 Å². The van der Waals surface area contributed by atoms with Crippen molar-refractivity contribution in [3.05, 3.63) is 58.7 Å². The standard InChI is InChI=1S/C25H29NO7/c1-5-33-20-14-16(7-9-18(20)27)22-21(24(29)25(30)26(22)11-6-12-31-3)23(28)17-8-10-19(32-4)15(2)13-17/h7-10,13-14,22,27-28H,5-6,11-12H2,1-4H3/t22-/m0/s1.